The van der Waals surface area contributed by atoms with E-state index < -0.39 is 16.0 Å². The summed E-state index contributed by atoms with van der Waals surface area (Å²) in [4.78, 5) is 20.6. The Kier molecular flexibility index (Phi) is 7.60. The lowest BCUT2D eigenvalue weighted by atomic mass is 9.90. The minimum absolute atomic E-state index is 0.0196. The second-order valence-corrected chi connectivity index (χ2v) is 11.5. The summed E-state index contributed by atoms with van der Waals surface area (Å²) in [5, 5.41) is 6.26. The van der Waals surface area contributed by atoms with Gasteiger partial charge < -0.3 is 15.5 Å². The first kappa shape index (κ1) is 26.1. The van der Waals surface area contributed by atoms with E-state index in [2.05, 4.69) is 15.5 Å². The zero-order chi connectivity index (χ0) is 26.7. The van der Waals surface area contributed by atoms with Crippen LogP contribution >= 0.6 is 0 Å². The predicted octanol–water partition coefficient (Wildman–Crippen LogP) is 4.31. The normalized spacial score (nSPS) is 18.0. The van der Waals surface area contributed by atoms with E-state index in [1.165, 1.54) is 12.1 Å². The number of nitrogens with one attached hydrogen (secondary N) is 2. The fourth-order valence-electron chi connectivity index (χ4n) is 4.67. The number of carbonyl (C=O) groups is 1. The van der Waals surface area contributed by atoms with E-state index in [0.717, 1.165) is 37.4 Å². The molecule has 2 heterocycles. The molecule has 3 aromatic carbocycles. The van der Waals surface area contributed by atoms with Crippen molar-refractivity contribution < 1.29 is 17.4 Å². The highest BCUT2D eigenvalue weighted by Gasteiger charge is 2.36. The summed E-state index contributed by atoms with van der Waals surface area (Å²) < 4.78 is 30.9. The van der Waals surface area contributed by atoms with E-state index in [4.69, 9.17) is 9.18 Å². The molecule has 2 N–H and O–H groups in total. The molecule has 5 rings (SSSR count). The third kappa shape index (κ3) is 5.65. The van der Waals surface area contributed by atoms with Gasteiger partial charge in [0.25, 0.3) is 10.1 Å². The molecule has 198 valence electrons. The molecule has 0 aliphatic carbocycles. The number of carbonyl (C=O) groups excluding carboxylic acids is 1. The summed E-state index contributed by atoms with van der Waals surface area (Å²) in [5.74, 6) is -0.969. The molecule has 1 unspecified atom stereocenters. The summed E-state index contributed by atoms with van der Waals surface area (Å²) in [6.45, 7) is 7.65. The number of amides is 1. The van der Waals surface area contributed by atoms with Gasteiger partial charge in [-0.25, -0.2) is 0 Å². The van der Waals surface area contributed by atoms with Crippen LogP contribution in [0.2, 0.25) is 0 Å². The van der Waals surface area contributed by atoms with Crippen molar-refractivity contribution in [2.75, 3.05) is 43.0 Å². The lowest BCUT2D eigenvalue weighted by molar-refractivity contribution is -0.115. The molecule has 3 aromatic rings. The number of benzene rings is 3. The Morgan fingerprint density at radius 2 is 1.74 bits per heavy atom. The van der Waals surface area contributed by atoms with Crippen molar-refractivity contribution in [3.05, 3.63) is 83.9 Å². The minimum Gasteiger partial charge on any atom is -0.369 e. The molecular weight excluding hydrogens is 500 g/mol. The van der Waals surface area contributed by atoms with Gasteiger partial charge in [0.15, 0.2) is 0 Å². The van der Waals surface area contributed by atoms with E-state index in [-0.39, 0.29) is 23.3 Å². The van der Waals surface area contributed by atoms with Crippen LogP contribution in [0.3, 0.4) is 0 Å². The van der Waals surface area contributed by atoms with Gasteiger partial charge in [-0.2, -0.15) is 8.42 Å². The first-order chi connectivity index (χ1) is 18.3. The van der Waals surface area contributed by atoms with Crippen molar-refractivity contribution in [3.8, 4) is 0 Å². The van der Waals surface area contributed by atoms with Crippen LogP contribution in [0, 0.1) is 5.92 Å². The molecule has 0 aromatic heterocycles. The Morgan fingerprint density at radius 3 is 2.42 bits per heavy atom. The monoisotopic (exact) mass is 532 g/mol. The van der Waals surface area contributed by atoms with Gasteiger partial charge in [0.2, 0.25) is 5.91 Å². The third-order valence-electron chi connectivity index (χ3n) is 6.62. The molecule has 8 nitrogen and oxygen atoms in total. The molecule has 0 spiro atoms. The number of nitrogens with zero attached hydrogens (tertiary/aromatic N) is 2. The number of anilines is 2. The second-order valence-electron chi connectivity index (χ2n) is 9.92. The van der Waals surface area contributed by atoms with Crippen LogP contribution in [0.5, 0.6) is 0 Å². The summed E-state index contributed by atoms with van der Waals surface area (Å²) in [5.41, 5.74) is 4.31. The number of rotatable bonds is 8. The summed E-state index contributed by atoms with van der Waals surface area (Å²) in [6.07, 6.45) is 0. The SMILES string of the molecule is CC(C)COS(=O)(=O)c1ccc2c(c1)C(C(=Nc1ccc(N3CCNCC3)cc1)c1ccccc1)C(=O)N2. The Labute approximate surface area is 223 Å². The molecule has 2 aliphatic heterocycles. The third-order valence-corrected chi connectivity index (χ3v) is 7.90. The second kappa shape index (κ2) is 11.1. The van der Waals surface area contributed by atoms with Crippen LogP contribution in [0.4, 0.5) is 17.1 Å². The average Bonchev–Trinajstić information content (AvgIpc) is 3.26. The van der Waals surface area contributed by atoms with Gasteiger partial charge >= 0.3 is 0 Å². The standard InChI is InChI=1S/C29H32N4O4S/c1-20(2)19-37-38(35,36)24-12-13-26-25(18-24)27(29(34)32-26)28(21-6-4-3-5-7-21)31-22-8-10-23(11-9-22)33-16-14-30-15-17-33/h3-13,18,20,27,30H,14-17,19H2,1-2H3,(H,32,34). The van der Waals surface area contributed by atoms with E-state index in [1.54, 1.807) is 6.07 Å². The quantitative estimate of drug-likeness (QED) is 0.331. The fourth-order valence-corrected chi connectivity index (χ4v) is 5.76. The average molecular weight is 533 g/mol. The Balaban J connectivity index is 1.53. The number of aliphatic imine (C=N–C) groups is 1. The minimum atomic E-state index is -3.97. The summed E-state index contributed by atoms with van der Waals surface area (Å²) in [6, 6.07) is 22.1. The Morgan fingerprint density at radius 1 is 1.03 bits per heavy atom. The van der Waals surface area contributed by atoms with Crippen molar-refractivity contribution >= 4 is 38.8 Å². The lowest BCUT2D eigenvalue weighted by Crippen LogP contribution is -2.43. The number of hydrogen-bond acceptors (Lipinski definition) is 7. The fraction of sp³-hybridized carbons (Fsp3) is 0.310. The molecule has 38 heavy (non-hydrogen) atoms. The molecule has 1 fully saturated rings. The zero-order valence-electron chi connectivity index (χ0n) is 21.6. The molecule has 1 saturated heterocycles. The number of piperazine rings is 1. The highest BCUT2D eigenvalue weighted by atomic mass is 32.2. The molecule has 2 aliphatic rings. The van der Waals surface area contributed by atoms with Crippen LogP contribution in [0.15, 0.2) is 82.7 Å². The lowest BCUT2D eigenvalue weighted by Gasteiger charge is -2.29. The molecule has 0 radical (unpaired) electrons. The molecule has 1 atom stereocenters. The van der Waals surface area contributed by atoms with Gasteiger partial charge in [-0.05, 0) is 59.5 Å². The van der Waals surface area contributed by atoms with Crippen LogP contribution in [0.25, 0.3) is 0 Å². The zero-order valence-corrected chi connectivity index (χ0v) is 22.4. The van der Waals surface area contributed by atoms with Crippen LogP contribution in [-0.2, 0) is 19.1 Å². The predicted molar refractivity (Wildman–Crippen MR) is 150 cm³/mol. The number of fused-ring (bicyclic) bond motifs is 1. The highest BCUT2D eigenvalue weighted by Crippen LogP contribution is 2.38. The van der Waals surface area contributed by atoms with Crippen molar-refractivity contribution in [1.29, 1.82) is 0 Å². The first-order valence-corrected chi connectivity index (χ1v) is 14.3. The van der Waals surface area contributed by atoms with Crippen LogP contribution in [0.1, 0.15) is 30.9 Å². The van der Waals surface area contributed by atoms with Crippen LogP contribution < -0.4 is 15.5 Å². The van der Waals surface area contributed by atoms with Gasteiger partial charge in [0.05, 0.1) is 22.9 Å². The van der Waals surface area contributed by atoms with E-state index in [0.29, 0.717) is 22.6 Å². The van der Waals surface area contributed by atoms with Gasteiger partial charge in [-0.1, -0.05) is 44.2 Å². The summed E-state index contributed by atoms with van der Waals surface area (Å²) in [7, 11) is -3.97. The van der Waals surface area contributed by atoms with Gasteiger partial charge in [0, 0.05) is 37.6 Å². The maximum Gasteiger partial charge on any atom is 0.296 e. The highest BCUT2D eigenvalue weighted by molar-refractivity contribution is 7.86. The van der Waals surface area contributed by atoms with Crippen molar-refractivity contribution in [3.63, 3.8) is 0 Å². The maximum atomic E-state index is 13.3. The Bertz CT molecular complexity index is 1430. The molecule has 1 amide bonds. The summed E-state index contributed by atoms with van der Waals surface area (Å²) >= 11 is 0. The van der Waals surface area contributed by atoms with Crippen molar-refractivity contribution in [2.24, 2.45) is 10.9 Å². The molecule has 0 saturated carbocycles. The van der Waals surface area contributed by atoms with Gasteiger partial charge in [-0.15, -0.1) is 0 Å². The topological polar surface area (TPSA) is 100 Å². The van der Waals surface area contributed by atoms with E-state index in [9.17, 15) is 13.2 Å². The van der Waals surface area contributed by atoms with E-state index >= 15 is 0 Å². The molecular formula is C29H32N4O4S. The Hall–Kier alpha value is -3.53. The largest absolute Gasteiger partial charge is 0.369 e. The molecule has 9 heteroatoms. The maximum absolute atomic E-state index is 13.3. The molecule has 0 bridgehead atoms. The van der Waals surface area contributed by atoms with E-state index in [1.807, 2.05) is 68.4 Å². The van der Waals surface area contributed by atoms with Gasteiger partial charge in [-0.3, -0.25) is 14.0 Å². The first-order valence-electron chi connectivity index (χ1n) is 12.9. The van der Waals surface area contributed by atoms with Crippen molar-refractivity contribution in [1.82, 2.24) is 5.32 Å². The van der Waals surface area contributed by atoms with Crippen LogP contribution in [-0.4, -0.2) is 52.8 Å². The number of hydrogen-bond donors (Lipinski definition) is 2. The van der Waals surface area contributed by atoms with Crippen molar-refractivity contribution in [2.45, 2.75) is 24.7 Å². The van der Waals surface area contributed by atoms with Gasteiger partial charge in [0.1, 0.15) is 5.92 Å². The smallest absolute Gasteiger partial charge is 0.296 e.